The molecule has 0 heterocycles. The molecule has 0 aliphatic heterocycles. The average molecular weight is 342 g/mol. The lowest BCUT2D eigenvalue weighted by Gasteiger charge is -2.11. The molecule has 6 heteroatoms. The van der Waals surface area contributed by atoms with Crippen LogP contribution < -0.4 is 20.1 Å². The molecule has 2 aromatic carbocycles. The number of hydrogen-bond donors (Lipinski definition) is 2. The number of ether oxygens (including phenoxy) is 2. The predicted octanol–water partition coefficient (Wildman–Crippen LogP) is 2.27. The molecule has 0 fully saturated rings. The Morgan fingerprint density at radius 3 is 2.24 bits per heavy atom. The minimum Gasteiger partial charge on any atom is -0.497 e. The molecule has 0 unspecified atom stereocenters. The summed E-state index contributed by atoms with van der Waals surface area (Å²) in [5.41, 5.74) is 2.35. The van der Waals surface area contributed by atoms with Crippen LogP contribution in [0.2, 0.25) is 0 Å². The normalized spacial score (nSPS) is 10.0. The van der Waals surface area contributed by atoms with Gasteiger partial charge in [-0.3, -0.25) is 9.59 Å². The van der Waals surface area contributed by atoms with Crippen LogP contribution in [0.1, 0.15) is 28.4 Å². The fourth-order valence-corrected chi connectivity index (χ4v) is 2.28. The highest BCUT2D eigenvalue weighted by atomic mass is 16.5. The molecule has 0 saturated carbocycles. The van der Waals surface area contributed by atoms with Crippen molar-refractivity contribution in [1.29, 1.82) is 0 Å². The summed E-state index contributed by atoms with van der Waals surface area (Å²) in [5.74, 6) is 1.09. The van der Waals surface area contributed by atoms with Crippen molar-refractivity contribution in [3.05, 3.63) is 59.2 Å². The van der Waals surface area contributed by atoms with E-state index in [0.717, 1.165) is 11.1 Å². The van der Waals surface area contributed by atoms with E-state index in [1.165, 1.54) is 6.92 Å². The fourth-order valence-electron chi connectivity index (χ4n) is 2.28. The van der Waals surface area contributed by atoms with Gasteiger partial charge in [-0.25, -0.2) is 0 Å². The van der Waals surface area contributed by atoms with Crippen molar-refractivity contribution in [3.63, 3.8) is 0 Å². The predicted molar refractivity (Wildman–Crippen MR) is 94.7 cm³/mol. The Morgan fingerprint density at radius 1 is 0.920 bits per heavy atom. The van der Waals surface area contributed by atoms with Gasteiger partial charge in [0.05, 0.1) is 14.2 Å². The first kappa shape index (κ1) is 18.3. The first-order chi connectivity index (χ1) is 12.0. The van der Waals surface area contributed by atoms with Crippen molar-refractivity contribution in [3.8, 4) is 11.5 Å². The fraction of sp³-hybridized carbons (Fsp3) is 0.263. The third-order valence-electron chi connectivity index (χ3n) is 3.69. The summed E-state index contributed by atoms with van der Waals surface area (Å²) in [6, 6.07) is 12.6. The summed E-state index contributed by atoms with van der Waals surface area (Å²) in [4.78, 5) is 23.2. The summed E-state index contributed by atoms with van der Waals surface area (Å²) in [7, 11) is 3.17. The minimum atomic E-state index is -0.177. The van der Waals surface area contributed by atoms with Crippen LogP contribution in [0.3, 0.4) is 0 Å². The van der Waals surface area contributed by atoms with Gasteiger partial charge in [-0.05, 0) is 29.8 Å². The van der Waals surface area contributed by atoms with Gasteiger partial charge in [0.15, 0.2) is 0 Å². The van der Waals surface area contributed by atoms with Gasteiger partial charge in [0, 0.05) is 37.2 Å². The van der Waals surface area contributed by atoms with E-state index < -0.39 is 0 Å². The van der Waals surface area contributed by atoms with Crippen molar-refractivity contribution in [1.82, 2.24) is 10.6 Å². The van der Waals surface area contributed by atoms with Crippen LogP contribution in [0, 0.1) is 0 Å². The zero-order valence-electron chi connectivity index (χ0n) is 14.6. The lowest BCUT2D eigenvalue weighted by molar-refractivity contribution is -0.119. The van der Waals surface area contributed by atoms with Gasteiger partial charge >= 0.3 is 0 Å². The average Bonchev–Trinajstić information content (AvgIpc) is 2.64. The van der Waals surface area contributed by atoms with E-state index in [1.807, 2.05) is 24.3 Å². The maximum atomic E-state index is 12.3. The second kappa shape index (κ2) is 8.73. The second-order valence-electron chi connectivity index (χ2n) is 5.47. The molecule has 0 saturated heterocycles. The molecule has 0 bridgehead atoms. The molecule has 0 atom stereocenters. The Balaban J connectivity index is 1.97. The lowest BCUT2D eigenvalue weighted by Crippen LogP contribution is -2.23. The molecular weight excluding hydrogens is 320 g/mol. The Labute approximate surface area is 147 Å². The van der Waals surface area contributed by atoms with E-state index in [2.05, 4.69) is 10.6 Å². The Morgan fingerprint density at radius 2 is 1.64 bits per heavy atom. The van der Waals surface area contributed by atoms with Gasteiger partial charge < -0.3 is 20.1 Å². The monoisotopic (exact) mass is 342 g/mol. The van der Waals surface area contributed by atoms with E-state index in [-0.39, 0.29) is 11.8 Å². The summed E-state index contributed by atoms with van der Waals surface area (Å²) in [6.45, 7) is 2.26. The molecule has 0 spiro atoms. The molecular formula is C19H22N2O4. The summed E-state index contributed by atoms with van der Waals surface area (Å²) >= 11 is 0. The Kier molecular flexibility index (Phi) is 6.39. The zero-order valence-corrected chi connectivity index (χ0v) is 14.6. The van der Waals surface area contributed by atoms with Crippen LogP contribution in [-0.4, -0.2) is 26.0 Å². The molecule has 0 aromatic heterocycles. The highest BCUT2D eigenvalue weighted by Gasteiger charge is 2.09. The van der Waals surface area contributed by atoms with E-state index in [1.54, 1.807) is 32.4 Å². The number of nitrogens with one attached hydrogen (secondary N) is 2. The molecule has 132 valence electrons. The number of carbonyl (C=O) groups excluding carboxylic acids is 2. The third-order valence-corrected chi connectivity index (χ3v) is 3.69. The van der Waals surface area contributed by atoms with Gasteiger partial charge in [-0.15, -0.1) is 0 Å². The Bertz CT molecular complexity index is 742. The SMILES string of the molecule is COc1ccc(CNC(=O)c2ccc(CNC(C)=O)cc2)c(OC)c1. The summed E-state index contributed by atoms with van der Waals surface area (Å²) in [6.07, 6.45) is 0. The number of carbonyl (C=O) groups is 2. The second-order valence-corrected chi connectivity index (χ2v) is 5.47. The highest BCUT2D eigenvalue weighted by Crippen LogP contribution is 2.24. The molecule has 2 aromatic rings. The standard InChI is InChI=1S/C19H22N2O4/c1-13(22)20-11-14-4-6-15(7-5-14)19(23)21-12-16-8-9-17(24-2)10-18(16)25-3/h4-10H,11-12H2,1-3H3,(H,20,22)(H,21,23). The van der Waals surface area contributed by atoms with Crippen molar-refractivity contribution >= 4 is 11.8 Å². The van der Waals surface area contributed by atoms with Crippen LogP contribution >= 0.6 is 0 Å². The summed E-state index contributed by atoms with van der Waals surface area (Å²) < 4.78 is 10.5. The van der Waals surface area contributed by atoms with Crippen LogP contribution in [-0.2, 0) is 17.9 Å². The quantitative estimate of drug-likeness (QED) is 0.809. The largest absolute Gasteiger partial charge is 0.497 e. The lowest BCUT2D eigenvalue weighted by atomic mass is 10.1. The molecule has 6 nitrogen and oxygen atoms in total. The molecule has 2 amide bonds. The molecule has 0 aliphatic rings. The van der Waals surface area contributed by atoms with E-state index in [0.29, 0.717) is 30.2 Å². The number of methoxy groups -OCH3 is 2. The van der Waals surface area contributed by atoms with E-state index >= 15 is 0 Å². The van der Waals surface area contributed by atoms with Gasteiger partial charge in [-0.2, -0.15) is 0 Å². The first-order valence-corrected chi connectivity index (χ1v) is 7.86. The smallest absolute Gasteiger partial charge is 0.251 e. The maximum Gasteiger partial charge on any atom is 0.251 e. The topological polar surface area (TPSA) is 76.7 Å². The highest BCUT2D eigenvalue weighted by molar-refractivity contribution is 5.94. The van der Waals surface area contributed by atoms with Gasteiger partial charge in [0.25, 0.3) is 5.91 Å². The number of hydrogen-bond acceptors (Lipinski definition) is 4. The Hall–Kier alpha value is -3.02. The van der Waals surface area contributed by atoms with Crippen molar-refractivity contribution in [2.75, 3.05) is 14.2 Å². The molecule has 25 heavy (non-hydrogen) atoms. The number of benzene rings is 2. The molecule has 2 rings (SSSR count). The molecule has 2 N–H and O–H groups in total. The van der Waals surface area contributed by atoms with Crippen molar-refractivity contribution in [2.24, 2.45) is 0 Å². The number of amides is 2. The molecule has 0 radical (unpaired) electrons. The van der Waals surface area contributed by atoms with Gasteiger partial charge in [0.1, 0.15) is 11.5 Å². The van der Waals surface area contributed by atoms with Crippen LogP contribution in [0.15, 0.2) is 42.5 Å². The minimum absolute atomic E-state index is 0.0877. The van der Waals surface area contributed by atoms with Crippen LogP contribution in [0.25, 0.3) is 0 Å². The van der Waals surface area contributed by atoms with Crippen LogP contribution in [0.4, 0.5) is 0 Å². The van der Waals surface area contributed by atoms with E-state index in [4.69, 9.17) is 9.47 Å². The van der Waals surface area contributed by atoms with Gasteiger partial charge in [0.2, 0.25) is 5.91 Å². The maximum absolute atomic E-state index is 12.3. The molecule has 0 aliphatic carbocycles. The van der Waals surface area contributed by atoms with E-state index in [9.17, 15) is 9.59 Å². The third kappa shape index (κ3) is 5.24. The van der Waals surface area contributed by atoms with Gasteiger partial charge in [-0.1, -0.05) is 12.1 Å². The summed E-state index contributed by atoms with van der Waals surface area (Å²) in [5, 5.41) is 5.58. The van der Waals surface area contributed by atoms with Crippen molar-refractivity contribution in [2.45, 2.75) is 20.0 Å². The van der Waals surface area contributed by atoms with Crippen molar-refractivity contribution < 1.29 is 19.1 Å². The number of rotatable bonds is 7. The van der Waals surface area contributed by atoms with Crippen LogP contribution in [0.5, 0.6) is 11.5 Å². The zero-order chi connectivity index (χ0) is 18.2. The first-order valence-electron chi connectivity index (χ1n) is 7.86.